The number of rotatable bonds is 4. The van der Waals surface area contributed by atoms with E-state index < -0.39 is 0 Å². The van der Waals surface area contributed by atoms with Crippen molar-refractivity contribution in [3.8, 4) is 0 Å². The molecule has 10 heteroatoms. The molecule has 0 bridgehead atoms. The molecule has 1 aliphatic carbocycles. The summed E-state index contributed by atoms with van der Waals surface area (Å²) in [6, 6.07) is 8.15. The topological polar surface area (TPSA) is 104 Å². The quantitative estimate of drug-likeness (QED) is 0.513. The third-order valence-corrected chi connectivity index (χ3v) is 6.29. The van der Waals surface area contributed by atoms with Gasteiger partial charge < -0.3 is 15.2 Å². The number of pyridine rings is 1. The van der Waals surface area contributed by atoms with Gasteiger partial charge >= 0.3 is 0 Å². The van der Waals surface area contributed by atoms with Crippen molar-refractivity contribution in [3.63, 3.8) is 0 Å². The van der Waals surface area contributed by atoms with Crippen LogP contribution in [0.4, 0.5) is 10.2 Å². The van der Waals surface area contributed by atoms with Crippen molar-refractivity contribution in [1.29, 1.82) is 0 Å². The number of amides is 1. The van der Waals surface area contributed by atoms with Crippen LogP contribution in [-0.2, 0) is 6.42 Å². The third kappa shape index (κ3) is 3.10. The second-order valence-electron chi connectivity index (χ2n) is 8.25. The molecule has 2 N–H and O–H groups in total. The SMILES string of the molecule is O=C(NC1CCC1)c1ccc(N2CCc3[nH]cnc3[C@H]2c2cc3c(F)cccn3n2)nn1. The molecule has 4 aromatic rings. The highest BCUT2D eigenvalue weighted by Crippen LogP contribution is 2.36. The summed E-state index contributed by atoms with van der Waals surface area (Å²) in [5, 5.41) is 16.1. The van der Waals surface area contributed by atoms with Crippen molar-refractivity contribution in [2.24, 2.45) is 0 Å². The van der Waals surface area contributed by atoms with Gasteiger partial charge in [0.25, 0.3) is 5.91 Å². The molecule has 9 nitrogen and oxygen atoms in total. The van der Waals surface area contributed by atoms with E-state index >= 15 is 0 Å². The van der Waals surface area contributed by atoms with Crippen molar-refractivity contribution >= 4 is 17.2 Å². The van der Waals surface area contributed by atoms with Crippen LogP contribution in [0, 0.1) is 5.82 Å². The van der Waals surface area contributed by atoms with E-state index in [4.69, 9.17) is 0 Å². The number of anilines is 1. The van der Waals surface area contributed by atoms with Crippen LogP contribution in [0.15, 0.2) is 42.9 Å². The maximum Gasteiger partial charge on any atom is 0.272 e. The van der Waals surface area contributed by atoms with E-state index in [1.165, 1.54) is 10.6 Å². The number of imidazole rings is 1. The average molecular weight is 432 g/mol. The number of halogens is 1. The molecule has 32 heavy (non-hydrogen) atoms. The predicted molar refractivity (Wildman–Crippen MR) is 114 cm³/mol. The summed E-state index contributed by atoms with van der Waals surface area (Å²) >= 11 is 0. The first-order valence-corrected chi connectivity index (χ1v) is 10.7. The molecule has 4 aromatic heterocycles. The number of nitrogens with zero attached hydrogens (tertiary/aromatic N) is 6. The minimum Gasteiger partial charge on any atom is -0.348 e. The Balaban J connectivity index is 1.35. The number of nitrogens with one attached hydrogen (secondary N) is 2. The van der Waals surface area contributed by atoms with Crippen molar-refractivity contribution in [2.45, 2.75) is 37.8 Å². The Morgan fingerprint density at radius 1 is 1.22 bits per heavy atom. The Bertz CT molecular complexity index is 1290. The van der Waals surface area contributed by atoms with Crippen molar-refractivity contribution < 1.29 is 9.18 Å². The van der Waals surface area contributed by atoms with Gasteiger partial charge in [0.05, 0.1) is 17.7 Å². The van der Waals surface area contributed by atoms with Crippen LogP contribution in [0.25, 0.3) is 5.52 Å². The first kappa shape index (κ1) is 18.9. The molecule has 2 aliphatic rings. The van der Waals surface area contributed by atoms with E-state index in [-0.39, 0.29) is 23.8 Å². The van der Waals surface area contributed by atoms with Gasteiger partial charge in [0.2, 0.25) is 0 Å². The average Bonchev–Trinajstić information content (AvgIpc) is 3.43. The summed E-state index contributed by atoms with van der Waals surface area (Å²) in [6.07, 6.45) is 7.30. The van der Waals surface area contributed by atoms with E-state index in [2.05, 4.69) is 30.6 Å². The fourth-order valence-electron chi connectivity index (χ4n) is 4.37. The second kappa shape index (κ2) is 7.40. The molecule has 1 aliphatic heterocycles. The number of H-pyrrole nitrogens is 1. The van der Waals surface area contributed by atoms with Gasteiger partial charge in [-0.1, -0.05) is 0 Å². The molecule has 0 aromatic carbocycles. The smallest absolute Gasteiger partial charge is 0.272 e. The number of hydrogen-bond acceptors (Lipinski definition) is 6. The number of aromatic nitrogens is 6. The third-order valence-electron chi connectivity index (χ3n) is 6.29. The normalized spacial score (nSPS) is 18.4. The molecule has 0 radical (unpaired) electrons. The van der Waals surface area contributed by atoms with Gasteiger partial charge in [0.15, 0.2) is 11.5 Å². The van der Waals surface area contributed by atoms with E-state index in [0.29, 0.717) is 29.3 Å². The van der Waals surface area contributed by atoms with Crippen LogP contribution in [0.3, 0.4) is 0 Å². The minimum atomic E-state index is -0.353. The Labute approximate surface area is 182 Å². The Morgan fingerprint density at radius 2 is 2.12 bits per heavy atom. The van der Waals surface area contributed by atoms with E-state index in [1.807, 2.05) is 4.90 Å². The lowest BCUT2D eigenvalue weighted by atomic mass is 9.93. The Hall–Kier alpha value is -3.82. The molecule has 5 heterocycles. The van der Waals surface area contributed by atoms with E-state index in [0.717, 1.165) is 37.1 Å². The van der Waals surface area contributed by atoms with Gasteiger partial charge in [-0.15, -0.1) is 10.2 Å². The summed E-state index contributed by atoms with van der Waals surface area (Å²) in [7, 11) is 0. The highest BCUT2D eigenvalue weighted by Gasteiger charge is 2.34. The zero-order chi connectivity index (χ0) is 21.7. The molecular formula is C22H21FN8O. The fraction of sp³-hybridized carbons (Fsp3) is 0.318. The molecule has 0 spiro atoms. The number of fused-ring (bicyclic) bond motifs is 2. The zero-order valence-electron chi connectivity index (χ0n) is 17.2. The molecular weight excluding hydrogens is 411 g/mol. The first-order valence-electron chi connectivity index (χ1n) is 10.7. The van der Waals surface area contributed by atoms with Crippen LogP contribution in [0.2, 0.25) is 0 Å². The minimum absolute atomic E-state index is 0.200. The van der Waals surface area contributed by atoms with Crippen molar-refractivity contribution in [3.05, 3.63) is 71.4 Å². The van der Waals surface area contributed by atoms with Gasteiger partial charge in [-0.25, -0.2) is 13.9 Å². The van der Waals surface area contributed by atoms with E-state index in [9.17, 15) is 9.18 Å². The summed E-state index contributed by atoms with van der Waals surface area (Å²) in [5.41, 5.74) is 3.21. The zero-order valence-corrected chi connectivity index (χ0v) is 17.2. The van der Waals surface area contributed by atoms with Crippen molar-refractivity contribution in [1.82, 2.24) is 35.1 Å². The highest BCUT2D eigenvalue weighted by atomic mass is 19.1. The van der Waals surface area contributed by atoms with Crippen LogP contribution in [0.1, 0.15) is 52.9 Å². The summed E-state index contributed by atoms with van der Waals surface area (Å²) < 4.78 is 15.8. The maximum atomic E-state index is 14.3. The van der Waals surface area contributed by atoms with Gasteiger partial charge in [0.1, 0.15) is 17.4 Å². The first-order chi connectivity index (χ1) is 15.7. The maximum absolute atomic E-state index is 14.3. The Kier molecular flexibility index (Phi) is 4.37. The molecule has 0 unspecified atom stereocenters. The predicted octanol–water partition coefficient (Wildman–Crippen LogP) is 2.42. The molecule has 0 saturated heterocycles. The molecule has 162 valence electrons. The van der Waals surface area contributed by atoms with Gasteiger partial charge in [-0.3, -0.25) is 4.79 Å². The largest absolute Gasteiger partial charge is 0.348 e. The van der Waals surface area contributed by atoms with Gasteiger partial charge in [-0.05, 0) is 49.6 Å². The van der Waals surface area contributed by atoms with Gasteiger partial charge in [0, 0.05) is 30.9 Å². The number of carbonyl (C=O) groups is 1. The summed E-state index contributed by atoms with van der Waals surface area (Å²) in [6.45, 7) is 0.651. The monoisotopic (exact) mass is 432 g/mol. The van der Waals surface area contributed by atoms with E-state index in [1.54, 1.807) is 36.8 Å². The van der Waals surface area contributed by atoms with Gasteiger partial charge in [-0.2, -0.15) is 5.10 Å². The van der Waals surface area contributed by atoms with Crippen LogP contribution >= 0.6 is 0 Å². The standard InChI is InChI=1S/C22H21FN8O/c23-14-5-2-9-31-18(14)11-17(29-31)21-20-15(24-12-25-20)8-10-30(21)19-7-6-16(27-28-19)22(32)26-13-3-1-4-13/h2,5-7,9,11-13,21H,1,3-4,8,10H2,(H,24,25)(H,26,32)/t21-/m1/s1. The van der Waals surface area contributed by atoms with Crippen LogP contribution in [-0.4, -0.2) is 48.3 Å². The molecule has 1 atom stereocenters. The number of carbonyl (C=O) groups excluding carboxylic acids is 1. The number of aromatic amines is 1. The molecule has 1 amide bonds. The fourth-order valence-corrected chi connectivity index (χ4v) is 4.37. The number of hydrogen-bond donors (Lipinski definition) is 2. The lowest BCUT2D eigenvalue weighted by molar-refractivity contribution is 0.0911. The van der Waals surface area contributed by atoms with Crippen molar-refractivity contribution in [2.75, 3.05) is 11.4 Å². The molecule has 1 saturated carbocycles. The van der Waals surface area contributed by atoms with Crippen LogP contribution < -0.4 is 10.2 Å². The summed E-state index contributed by atoms with van der Waals surface area (Å²) in [5.74, 6) is 0.0770. The lowest BCUT2D eigenvalue weighted by Gasteiger charge is -2.34. The molecule has 6 rings (SSSR count). The lowest BCUT2D eigenvalue weighted by Crippen LogP contribution is -2.40. The molecule has 1 fully saturated rings. The highest BCUT2D eigenvalue weighted by molar-refractivity contribution is 5.92. The second-order valence-corrected chi connectivity index (χ2v) is 8.25. The Morgan fingerprint density at radius 3 is 2.88 bits per heavy atom. The van der Waals surface area contributed by atoms with Crippen LogP contribution in [0.5, 0.6) is 0 Å². The summed E-state index contributed by atoms with van der Waals surface area (Å²) in [4.78, 5) is 22.2.